The first-order valence-electron chi connectivity index (χ1n) is 3.67. The molecular weight excluding hydrogens is 136 g/mol. The molecule has 0 amide bonds. The third kappa shape index (κ3) is 2.70. The lowest BCUT2D eigenvalue weighted by Crippen LogP contribution is -2.22. The van der Waals surface area contributed by atoms with Crippen LogP contribution in [0.25, 0.3) is 0 Å². The number of hydrogen-bond donors (Lipinski definition) is 2. The molecular formula is C9H13N2. The molecule has 0 heterocycles. The molecule has 0 saturated carbocycles. The van der Waals surface area contributed by atoms with Crippen molar-refractivity contribution in [3.8, 4) is 0 Å². The van der Waals surface area contributed by atoms with E-state index in [0.717, 1.165) is 12.5 Å². The normalized spacial score (nSPS) is 10.5. The van der Waals surface area contributed by atoms with Crippen molar-refractivity contribution in [1.82, 2.24) is 0 Å². The van der Waals surface area contributed by atoms with Gasteiger partial charge in [0.25, 0.3) is 0 Å². The lowest BCUT2D eigenvalue weighted by molar-refractivity contribution is 0.845. The molecule has 0 saturated heterocycles. The van der Waals surface area contributed by atoms with Crippen LogP contribution in [0.1, 0.15) is 5.56 Å². The SMILES string of the molecule is NC[C](N)Cc1ccccc1. The number of hydrogen-bond acceptors (Lipinski definition) is 2. The van der Waals surface area contributed by atoms with Gasteiger partial charge in [0.2, 0.25) is 0 Å². The van der Waals surface area contributed by atoms with Gasteiger partial charge in [-0.25, -0.2) is 0 Å². The van der Waals surface area contributed by atoms with E-state index in [2.05, 4.69) is 0 Å². The molecule has 0 unspecified atom stereocenters. The van der Waals surface area contributed by atoms with Crippen molar-refractivity contribution in [3.05, 3.63) is 41.9 Å². The Balaban J connectivity index is 2.51. The Labute approximate surface area is 67.2 Å². The van der Waals surface area contributed by atoms with Gasteiger partial charge in [0.1, 0.15) is 0 Å². The summed E-state index contributed by atoms with van der Waals surface area (Å²) in [7, 11) is 0. The molecule has 0 spiro atoms. The third-order valence-electron chi connectivity index (χ3n) is 1.54. The maximum absolute atomic E-state index is 5.60. The molecule has 0 aliphatic carbocycles. The van der Waals surface area contributed by atoms with Gasteiger partial charge >= 0.3 is 0 Å². The van der Waals surface area contributed by atoms with E-state index in [1.165, 1.54) is 5.56 Å². The van der Waals surface area contributed by atoms with Crippen LogP contribution in [-0.2, 0) is 6.42 Å². The number of rotatable bonds is 3. The Morgan fingerprint density at radius 2 is 1.82 bits per heavy atom. The van der Waals surface area contributed by atoms with Crippen LogP contribution >= 0.6 is 0 Å². The zero-order valence-corrected chi connectivity index (χ0v) is 6.46. The van der Waals surface area contributed by atoms with Crippen LogP contribution in [0.3, 0.4) is 0 Å². The van der Waals surface area contributed by atoms with Crippen molar-refractivity contribution in [1.29, 1.82) is 0 Å². The van der Waals surface area contributed by atoms with Crippen molar-refractivity contribution >= 4 is 0 Å². The van der Waals surface area contributed by atoms with Crippen LogP contribution in [0.4, 0.5) is 0 Å². The van der Waals surface area contributed by atoms with Gasteiger partial charge in [0.05, 0.1) is 6.04 Å². The first kappa shape index (κ1) is 8.24. The summed E-state index contributed by atoms with van der Waals surface area (Å²) in [5.74, 6) is 0. The van der Waals surface area contributed by atoms with E-state index in [1.54, 1.807) is 0 Å². The molecule has 2 heteroatoms. The van der Waals surface area contributed by atoms with E-state index in [4.69, 9.17) is 11.5 Å². The summed E-state index contributed by atoms with van der Waals surface area (Å²) >= 11 is 0. The van der Waals surface area contributed by atoms with Crippen molar-refractivity contribution in [2.24, 2.45) is 11.5 Å². The van der Waals surface area contributed by atoms with Crippen LogP contribution in [0.2, 0.25) is 0 Å². The average Bonchev–Trinajstić information content (AvgIpc) is 2.06. The fraction of sp³-hybridized carbons (Fsp3) is 0.222. The zero-order chi connectivity index (χ0) is 8.10. The first-order chi connectivity index (χ1) is 5.33. The summed E-state index contributed by atoms with van der Waals surface area (Å²) in [6.07, 6.45) is 0.789. The molecule has 0 bridgehead atoms. The third-order valence-corrected chi connectivity index (χ3v) is 1.54. The molecule has 1 aromatic carbocycles. The Bertz CT molecular complexity index is 196. The quantitative estimate of drug-likeness (QED) is 0.664. The van der Waals surface area contributed by atoms with Gasteiger partial charge in [-0.3, -0.25) is 0 Å². The van der Waals surface area contributed by atoms with Crippen molar-refractivity contribution in [3.63, 3.8) is 0 Å². The Hall–Kier alpha value is -0.860. The molecule has 0 atom stereocenters. The minimum Gasteiger partial charge on any atom is -0.329 e. The molecule has 1 radical (unpaired) electrons. The maximum atomic E-state index is 5.60. The Kier molecular flexibility index (Phi) is 3.08. The summed E-state index contributed by atoms with van der Waals surface area (Å²) in [5.41, 5.74) is 12.2. The van der Waals surface area contributed by atoms with E-state index in [0.29, 0.717) is 6.54 Å². The Morgan fingerprint density at radius 3 is 2.36 bits per heavy atom. The standard InChI is InChI=1S/C9H13N2/c10-7-9(11)6-8-4-2-1-3-5-8/h1-5H,6-7,10-11H2. The predicted molar refractivity (Wildman–Crippen MR) is 46.6 cm³/mol. The van der Waals surface area contributed by atoms with Crippen LogP contribution < -0.4 is 11.5 Å². The fourth-order valence-electron chi connectivity index (χ4n) is 0.930. The van der Waals surface area contributed by atoms with Crippen LogP contribution in [0.5, 0.6) is 0 Å². The van der Waals surface area contributed by atoms with E-state index in [1.807, 2.05) is 30.3 Å². The van der Waals surface area contributed by atoms with E-state index in [9.17, 15) is 0 Å². The first-order valence-corrected chi connectivity index (χ1v) is 3.67. The monoisotopic (exact) mass is 149 g/mol. The largest absolute Gasteiger partial charge is 0.329 e. The molecule has 59 valence electrons. The van der Waals surface area contributed by atoms with Crippen molar-refractivity contribution < 1.29 is 0 Å². The second kappa shape index (κ2) is 4.11. The highest BCUT2D eigenvalue weighted by molar-refractivity contribution is 5.18. The van der Waals surface area contributed by atoms with E-state index < -0.39 is 0 Å². The van der Waals surface area contributed by atoms with Gasteiger partial charge in [-0.15, -0.1) is 0 Å². The highest BCUT2D eigenvalue weighted by atomic mass is 14.7. The summed E-state index contributed by atoms with van der Waals surface area (Å²) in [6, 6.07) is 10.9. The van der Waals surface area contributed by atoms with E-state index >= 15 is 0 Å². The highest BCUT2D eigenvalue weighted by Gasteiger charge is 2.00. The summed E-state index contributed by atoms with van der Waals surface area (Å²) < 4.78 is 0. The van der Waals surface area contributed by atoms with Crippen molar-refractivity contribution in [2.75, 3.05) is 6.54 Å². The minimum absolute atomic E-state index is 0.467. The minimum atomic E-state index is 0.467. The topological polar surface area (TPSA) is 52.0 Å². The van der Waals surface area contributed by atoms with Gasteiger partial charge in [-0.2, -0.15) is 0 Å². The maximum Gasteiger partial charge on any atom is 0.0517 e. The van der Waals surface area contributed by atoms with Gasteiger partial charge in [0, 0.05) is 6.54 Å². The number of nitrogens with two attached hydrogens (primary N) is 2. The molecule has 0 aliphatic rings. The molecule has 1 aromatic rings. The van der Waals surface area contributed by atoms with Gasteiger partial charge in [-0.05, 0) is 12.0 Å². The Morgan fingerprint density at radius 1 is 1.18 bits per heavy atom. The smallest absolute Gasteiger partial charge is 0.0517 e. The van der Waals surface area contributed by atoms with Gasteiger partial charge < -0.3 is 11.5 Å². The van der Waals surface area contributed by atoms with E-state index in [-0.39, 0.29) is 0 Å². The van der Waals surface area contributed by atoms with Crippen LogP contribution in [0, 0.1) is 6.04 Å². The lowest BCUT2D eigenvalue weighted by atomic mass is 10.1. The second-order valence-corrected chi connectivity index (χ2v) is 2.52. The lowest BCUT2D eigenvalue weighted by Gasteiger charge is -2.06. The summed E-state index contributed by atoms with van der Waals surface area (Å²) in [5, 5.41) is 0. The molecule has 0 aliphatic heterocycles. The van der Waals surface area contributed by atoms with Crippen LogP contribution in [0.15, 0.2) is 30.3 Å². The number of benzene rings is 1. The summed E-state index contributed by atoms with van der Waals surface area (Å²) in [4.78, 5) is 0. The summed E-state index contributed by atoms with van der Waals surface area (Å²) in [6.45, 7) is 0.467. The highest BCUT2D eigenvalue weighted by Crippen LogP contribution is 2.03. The molecule has 4 N–H and O–H groups in total. The molecule has 11 heavy (non-hydrogen) atoms. The molecule has 2 nitrogen and oxygen atoms in total. The van der Waals surface area contributed by atoms with Crippen LogP contribution in [-0.4, -0.2) is 6.54 Å². The predicted octanol–water partition coefficient (Wildman–Crippen LogP) is 0.678. The fourth-order valence-corrected chi connectivity index (χ4v) is 0.930. The zero-order valence-electron chi connectivity index (χ0n) is 6.46. The second-order valence-electron chi connectivity index (χ2n) is 2.52. The van der Waals surface area contributed by atoms with Gasteiger partial charge in [-0.1, -0.05) is 30.3 Å². The molecule has 1 rings (SSSR count). The van der Waals surface area contributed by atoms with Gasteiger partial charge in [0.15, 0.2) is 0 Å². The molecule has 0 fully saturated rings. The average molecular weight is 149 g/mol. The molecule has 0 aromatic heterocycles. The van der Waals surface area contributed by atoms with Crippen molar-refractivity contribution in [2.45, 2.75) is 6.42 Å².